The second-order valence-corrected chi connectivity index (χ2v) is 20.7. The van der Waals surface area contributed by atoms with Crippen molar-refractivity contribution in [3.63, 3.8) is 0 Å². The Hall–Kier alpha value is -6.42. The summed E-state index contributed by atoms with van der Waals surface area (Å²) in [5, 5.41) is 19.8. The van der Waals surface area contributed by atoms with Crippen LogP contribution in [0.15, 0.2) is 76.5 Å². The average molecular weight is 1010 g/mol. The van der Waals surface area contributed by atoms with Crippen molar-refractivity contribution in [3.05, 3.63) is 143 Å². The van der Waals surface area contributed by atoms with E-state index in [9.17, 15) is 19.2 Å². The van der Waals surface area contributed by atoms with E-state index in [1.54, 1.807) is 11.3 Å². The van der Waals surface area contributed by atoms with Crippen molar-refractivity contribution >= 4 is 57.7 Å². The van der Waals surface area contributed by atoms with Crippen molar-refractivity contribution < 1.29 is 19.1 Å². The van der Waals surface area contributed by atoms with Crippen molar-refractivity contribution in [2.45, 2.75) is 125 Å². The van der Waals surface area contributed by atoms with Gasteiger partial charge in [-0.1, -0.05) is 55.1 Å². The lowest BCUT2D eigenvalue weighted by Crippen LogP contribution is -2.40. The molecule has 378 valence electrons. The summed E-state index contributed by atoms with van der Waals surface area (Å²) in [6.45, 7) is 16.8. The molecule has 4 N–H and O–H groups in total. The molecule has 2 aliphatic rings. The van der Waals surface area contributed by atoms with Gasteiger partial charge in [-0.3, -0.25) is 28.7 Å². The Balaban J connectivity index is 0.823. The smallest absolute Gasteiger partial charge is 0.253 e. The molecule has 6 aromatic rings. The van der Waals surface area contributed by atoms with Crippen LogP contribution in [0.4, 0.5) is 11.4 Å². The Bertz CT molecular complexity index is 3020. The van der Waals surface area contributed by atoms with Crippen LogP contribution in [0.5, 0.6) is 0 Å². The molecular formula is C56H66ClN9O5S. The molecule has 3 aromatic heterocycles. The summed E-state index contributed by atoms with van der Waals surface area (Å²) in [5.74, 6) is 1.01. The molecule has 0 spiro atoms. The Morgan fingerprint density at radius 1 is 0.833 bits per heavy atom. The molecule has 1 saturated heterocycles. The molecule has 3 aromatic carbocycles. The first-order valence-electron chi connectivity index (χ1n) is 25.2. The highest BCUT2D eigenvalue weighted by atomic mass is 35.5. The van der Waals surface area contributed by atoms with Crippen LogP contribution in [0.3, 0.4) is 0 Å². The quantitative estimate of drug-likeness (QED) is 0.0580. The van der Waals surface area contributed by atoms with Crippen molar-refractivity contribution in [2.75, 3.05) is 36.5 Å². The van der Waals surface area contributed by atoms with Gasteiger partial charge < -0.3 is 30.6 Å². The summed E-state index contributed by atoms with van der Waals surface area (Å²) < 4.78 is 7.74. The number of aryl methyl sites for hydroxylation is 4. The minimum absolute atomic E-state index is 0.0453. The Morgan fingerprint density at radius 3 is 2.26 bits per heavy atom. The molecule has 16 heteroatoms. The number of carbonyl (C=O) groups excluding carboxylic acids is 3. The molecule has 3 amide bonds. The van der Waals surface area contributed by atoms with E-state index in [0.29, 0.717) is 53.8 Å². The van der Waals surface area contributed by atoms with Crippen LogP contribution < -0.4 is 26.4 Å². The Labute approximate surface area is 431 Å². The number of benzene rings is 3. The molecule has 0 aliphatic carbocycles. The first-order chi connectivity index (χ1) is 34.7. The van der Waals surface area contributed by atoms with Crippen molar-refractivity contribution in [3.8, 4) is 16.1 Å². The van der Waals surface area contributed by atoms with E-state index in [1.165, 1.54) is 4.88 Å². The van der Waals surface area contributed by atoms with Crippen LogP contribution in [0, 0.1) is 41.5 Å². The third kappa shape index (κ3) is 11.9. The number of pyridine rings is 1. The summed E-state index contributed by atoms with van der Waals surface area (Å²) in [7, 11) is 0. The number of hydrogen-bond donors (Lipinski definition) is 4. The van der Waals surface area contributed by atoms with Gasteiger partial charge in [0.25, 0.3) is 11.5 Å². The van der Waals surface area contributed by atoms with Crippen LogP contribution in [0.25, 0.3) is 16.1 Å². The second kappa shape index (κ2) is 23.4. The van der Waals surface area contributed by atoms with Gasteiger partial charge in [0.1, 0.15) is 16.9 Å². The number of fused-ring (bicyclic) bond motifs is 3. The van der Waals surface area contributed by atoms with Crippen LogP contribution in [-0.2, 0) is 20.9 Å². The van der Waals surface area contributed by atoms with E-state index in [0.717, 1.165) is 118 Å². The van der Waals surface area contributed by atoms with Crippen molar-refractivity contribution in [1.29, 1.82) is 0 Å². The van der Waals surface area contributed by atoms with E-state index in [4.69, 9.17) is 21.3 Å². The number of aromatic amines is 1. The van der Waals surface area contributed by atoms with E-state index < -0.39 is 6.04 Å². The summed E-state index contributed by atoms with van der Waals surface area (Å²) in [4.78, 5) is 64.9. The number of H-pyrrole nitrogens is 1. The van der Waals surface area contributed by atoms with E-state index in [-0.39, 0.29) is 42.3 Å². The third-order valence-corrected chi connectivity index (χ3v) is 15.4. The topological polar surface area (TPSA) is 176 Å². The summed E-state index contributed by atoms with van der Waals surface area (Å²) in [6, 6.07) is 21.1. The first kappa shape index (κ1) is 51.9. The highest BCUT2D eigenvalue weighted by Crippen LogP contribution is 2.40. The number of nitrogens with one attached hydrogen (secondary N) is 4. The third-order valence-electron chi connectivity index (χ3n) is 14.0. The number of aromatic nitrogens is 4. The van der Waals surface area contributed by atoms with Gasteiger partial charge in [0, 0.05) is 94.5 Å². The molecule has 8 rings (SSSR count). The monoisotopic (exact) mass is 1010 g/mol. The highest BCUT2D eigenvalue weighted by Gasteiger charge is 2.33. The zero-order chi connectivity index (χ0) is 51.1. The molecule has 14 nitrogen and oxygen atoms in total. The number of carbonyl (C=O) groups is 3. The van der Waals surface area contributed by atoms with Gasteiger partial charge in [0.05, 0.1) is 12.1 Å². The van der Waals surface area contributed by atoms with Gasteiger partial charge in [0.2, 0.25) is 11.8 Å². The molecular weight excluding hydrogens is 946 g/mol. The van der Waals surface area contributed by atoms with Crippen molar-refractivity contribution in [1.82, 2.24) is 30.4 Å². The number of aliphatic imine (C=N–C) groups is 1. The predicted molar refractivity (Wildman–Crippen MR) is 288 cm³/mol. The van der Waals surface area contributed by atoms with Crippen molar-refractivity contribution in [2.24, 2.45) is 4.99 Å². The Kier molecular flexibility index (Phi) is 16.9. The number of halogens is 1. The van der Waals surface area contributed by atoms with E-state index in [2.05, 4.69) is 67.4 Å². The lowest BCUT2D eigenvalue weighted by atomic mass is 9.95. The van der Waals surface area contributed by atoms with Crippen LogP contribution in [0.1, 0.15) is 137 Å². The number of nitrogens with zero attached hydrogens (tertiary/aromatic N) is 5. The van der Waals surface area contributed by atoms with Crippen LogP contribution in [0.2, 0.25) is 5.02 Å². The lowest BCUT2D eigenvalue weighted by molar-refractivity contribution is -0.121. The molecule has 5 heterocycles. The fraction of sp³-hybridized carbons (Fsp3) is 0.411. The molecule has 2 aliphatic heterocycles. The number of ether oxygens (including phenoxy) is 1. The molecule has 0 bridgehead atoms. The van der Waals surface area contributed by atoms with Gasteiger partial charge >= 0.3 is 0 Å². The summed E-state index contributed by atoms with van der Waals surface area (Å²) in [5.41, 5.74) is 10.8. The van der Waals surface area contributed by atoms with Crippen LogP contribution >= 0.6 is 22.9 Å². The lowest BCUT2D eigenvalue weighted by Gasteiger charge is -2.37. The Morgan fingerprint density at radius 2 is 1.54 bits per heavy atom. The maximum absolute atomic E-state index is 14.0. The second-order valence-electron chi connectivity index (χ2n) is 19.0. The van der Waals surface area contributed by atoms with E-state index in [1.807, 2.05) is 88.4 Å². The maximum Gasteiger partial charge on any atom is 0.253 e. The normalized spacial score (nSPS) is 14.5. The zero-order valence-electron chi connectivity index (χ0n) is 42.5. The number of unbranched alkanes of at least 4 members (excludes halogenated alkanes) is 4. The minimum Gasteiger partial charge on any atom is -0.381 e. The average Bonchev–Trinajstić information content (AvgIpc) is 3.84. The standard InChI is InChI=1S/C56H66ClN9O5S/c1-8-65(44-23-26-71-27-24-44)48-30-41(29-45(36(48)5)54(69)59-32-46-33(2)28-34(3)60-55(46)70)39-17-21-43(22-18-39)61-49(67)14-12-10-9-11-13-25-58-50(68)31-47-53-64-63-38(7)66(53)56-51(35(4)37(6)72-56)52(62-47)40-15-19-42(57)20-16-40/h15-22,28-30,44,47H,8-14,23-27,31-32H2,1-7H3,(H,58,68)(H,59,69)(H,60,70)(H,61,67)/t47-/m0/s1. The summed E-state index contributed by atoms with van der Waals surface area (Å²) >= 11 is 7.94. The molecule has 1 fully saturated rings. The number of rotatable bonds is 19. The first-order valence-corrected chi connectivity index (χ1v) is 26.4. The predicted octanol–water partition coefficient (Wildman–Crippen LogP) is 10.5. The molecule has 0 radical (unpaired) electrons. The van der Waals surface area contributed by atoms with Gasteiger partial charge in [-0.15, -0.1) is 21.5 Å². The number of hydrogen-bond acceptors (Lipinski definition) is 10. The SMILES string of the molecule is CCN(c1cc(-c2ccc(NC(=O)CCCCCCCNC(=O)C[C@@H]3N=C(c4ccc(Cl)cc4)c4c(sc(C)c4C)-n4c(C)nnc43)cc2)cc(C(=O)NCc2c(C)cc(C)[nH]c2=O)c1C)C1CCOCC1. The molecule has 0 unspecified atom stereocenters. The van der Waals surface area contributed by atoms with Gasteiger partial charge in [-0.05, 0) is 144 Å². The van der Waals surface area contributed by atoms with Gasteiger partial charge in [-0.25, -0.2) is 0 Å². The fourth-order valence-corrected chi connectivity index (χ4v) is 11.2. The number of anilines is 2. The van der Waals surface area contributed by atoms with E-state index >= 15 is 0 Å². The molecule has 0 saturated carbocycles. The number of amides is 3. The van der Waals surface area contributed by atoms with Gasteiger partial charge in [-0.2, -0.15) is 0 Å². The zero-order valence-corrected chi connectivity index (χ0v) is 44.0. The number of thiophene rings is 1. The summed E-state index contributed by atoms with van der Waals surface area (Å²) in [6.07, 6.45) is 6.71. The highest BCUT2D eigenvalue weighted by molar-refractivity contribution is 7.15. The van der Waals surface area contributed by atoms with Gasteiger partial charge in [0.15, 0.2) is 5.82 Å². The molecule has 1 atom stereocenters. The minimum atomic E-state index is -0.524. The largest absolute Gasteiger partial charge is 0.381 e. The van der Waals surface area contributed by atoms with Crippen LogP contribution in [-0.4, -0.2) is 75.5 Å². The molecule has 72 heavy (non-hydrogen) atoms. The fourth-order valence-electron chi connectivity index (χ4n) is 9.91. The maximum atomic E-state index is 14.0.